The second kappa shape index (κ2) is 8.21. The molecule has 2 amide bonds. The molecular formula is C24H21N3O3. The van der Waals surface area contributed by atoms with E-state index in [0.29, 0.717) is 27.4 Å². The van der Waals surface area contributed by atoms with Crippen LogP contribution >= 0.6 is 0 Å². The first-order valence-corrected chi connectivity index (χ1v) is 9.77. The number of nitrogens with zero attached hydrogens (tertiary/aromatic N) is 1. The Labute approximate surface area is 173 Å². The van der Waals surface area contributed by atoms with E-state index in [-0.39, 0.29) is 17.9 Å². The number of nitrogens with one attached hydrogen (secondary N) is 2. The van der Waals surface area contributed by atoms with Gasteiger partial charge in [0.2, 0.25) is 0 Å². The van der Waals surface area contributed by atoms with Gasteiger partial charge in [0.15, 0.2) is 5.43 Å². The molecule has 0 spiro atoms. The summed E-state index contributed by atoms with van der Waals surface area (Å²) in [6.45, 7) is 2.00. The van der Waals surface area contributed by atoms with Gasteiger partial charge in [0.25, 0.3) is 11.8 Å². The molecular weight excluding hydrogens is 378 g/mol. The van der Waals surface area contributed by atoms with Crippen molar-refractivity contribution in [2.45, 2.75) is 19.9 Å². The van der Waals surface area contributed by atoms with Crippen LogP contribution in [-0.4, -0.2) is 16.4 Å². The van der Waals surface area contributed by atoms with E-state index in [1.165, 1.54) is 0 Å². The van der Waals surface area contributed by atoms with E-state index in [0.717, 1.165) is 12.0 Å². The number of hydrogen-bond donors (Lipinski definition) is 2. The zero-order chi connectivity index (χ0) is 21.1. The second-order valence-corrected chi connectivity index (χ2v) is 7.00. The minimum atomic E-state index is -0.396. The summed E-state index contributed by atoms with van der Waals surface area (Å²) in [4.78, 5) is 37.7. The van der Waals surface area contributed by atoms with Gasteiger partial charge >= 0.3 is 0 Å². The molecule has 150 valence electrons. The van der Waals surface area contributed by atoms with Gasteiger partial charge in [-0.2, -0.15) is 0 Å². The molecule has 0 aliphatic heterocycles. The normalized spacial score (nSPS) is 10.8. The van der Waals surface area contributed by atoms with Gasteiger partial charge in [-0.25, -0.2) is 0 Å². The summed E-state index contributed by atoms with van der Waals surface area (Å²) in [5.74, 6) is -0.784. The number of aromatic nitrogens is 1. The number of hydrogen-bond acceptors (Lipinski definition) is 3. The quantitative estimate of drug-likeness (QED) is 0.409. The summed E-state index contributed by atoms with van der Waals surface area (Å²) < 4.78 is 1.78. The van der Waals surface area contributed by atoms with E-state index in [1.807, 2.05) is 43.3 Å². The molecule has 4 rings (SSSR count). The number of hydrazine groups is 1. The van der Waals surface area contributed by atoms with Crippen LogP contribution in [0.4, 0.5) is 0 Å². The largest absolute Gasteiger partial charge is 0.331 e. The highest BCUT2D eigenvalue weighted by atomic mass is 16.2. The molecule has 0 saturated heterocycles. The fraction of sp³-hybridized carbons (Fsp3) is 0.125. The van der Waals surface area contributed by atoms with Crippen LogP contribution in [0.1, 0.15) is 22.8 Å². The molecule has 0 aliphatic rings. The molecule has 6 heteroatoms. The first-order chi connectivity index (χ1) is 14.6. The van der Waals surface area contributed by atoms with Crippen molar-refractivity contribution in [2.75, 3.05) is 0 Å². The Hall–Kier alpha value is -3.93. The van der Waals surface area contributed by atoms with E-state index in [1.54, 1.807) is 41.0 Å². The zero-order valence-corrected chi connectivity index (χ0v) is 16.5. The first kappa shape index (κ1) is 19.4. The SMILES string of the molecule is CCc1ccc(C(=O)NNC(=O)Cn2c3ccccc3c(=O)c3ccccc32)cc1. The lowest BCUT2D eigenvalue weighted by Crippen LogP contribution is -2.43. The Balaban J connectivity index is 1.57. The summed E-state index contributed by atoms with van der Waals surface area (Å²) >= 11 is 0. The van der Waals surface area contributed by atoms with Crippen molar-refractivity contribution in [1.29, 1.82) is 0 Å². The molecule has 0 fully saturated rings. The summed E-state index contributed by atoms with van der Waals surface area (Å²) in [6.07, 6.45) is 0.889. The number of rotatable bonds is 4. The Morgan fingerprint density at radius 1 is 0.800 bits per heavy atom. The van der Waals surface area contributed by atoms with Crippen molar-refractivity contribution < 1.29 is 9.59 Å². The maximum absolute atomic E-state index is 12.8. The van der Waals surface area contributed by atoms with Crippen LogP contribution in [0.25, 0.3) is 21.8 Å². The summed E-state index contributed by atoms with van der Waals surface area (Å²) in [6, 6.07) is 21.6. The Bertz CT molecular complexity index is 1250. The number of aryl methyl sites for hydroxylation is 1. The zero-order valence-electron chi connectivity index (χ0n) is 16.5. The Morgan fingerprint density at radius 3 is 1.93 bits per heavy atom. The summed E-state index contributed by atoms with van der Waals surface area (Å²) in [7, 11) is 0. The van der Waals surface area contributed by atoms with Crippen LogP contribution in [0.3, 0.4) is 0 Å². The van der Waals surface area contributed by atoms with Crippen LogP contribution in [0.15, 0.2) is 77.6 Å². The van der Waals surface area contributed by atoms with Gasteiger partial charge in [-0.1, -0.05) is 43.3 Å². The maximum atomic E-state index is 12.8. The van der Waals surface area contributed by atoms with E-state index in [4.69, 9.17) is 0 Å². The van der Waals surface area contributed by atoms with Crippen LogP contribution in [-0.2, 0) is 17.8 Å². The van der Waals surface area contributed by atoms with Crippen LogP contribution in [0.5, 0.6) is 0 Å². The average Bonchev–Trinajstić information content (AvgIpc) is 2.80. The molecule has 0 atom stereocenters. The van der Waals surface area contributed by atoms with Crippen molar-refractivity contribution in [3.63, 3.8) is 0 Å². The van der Waals surface area contributed by atoms with Crippen molar-refractivity contribution in [2.24, 2.45) is 0 Å². The maximum Gasteiger partial charge on any atom is 0.269 e. The predicted molar refractivity (Wildman–Crippen MR) is 117 cm³/mol. The van der Waals surface area contributed by atoms with E-state index in [2.05, 4.69) is 10.9 Å². The lowest BCUT2D eigenvalue weighted by molar-refractivity contribution is -0.122. The molecule has 4 aromatic rings. The Morgan fingerprint density at radius 2 is 1.37 bits per heavy atom. The van der Waals surface area contributed by atoms with Crippen LogP contribution < -0.4 is 16.3 Å². The molecule has 6 nitrogen and oxygen atoms in total. The van der Waals surface area contributed by atoms with Gasteiger partial charge in [0, 0.05) is 16.3 Å². The number of para-hydroxylation sites is 2. The smallest absolute Gasteiger partial charge is 0.269 e. The molecule has 3 aromatic carbocycles. The van der Waals surface area contributed by atoms with E-state index >= 15 is 0 Å². The molecule has 0 unspecified atom stereocenters. The molecule has 1 heterocycles. The molecule has 1 aromatic heterocycles. The van der Waals surface area contributed by atoms with Gasteiger partial charge in [-0.15, -0.1) is 0 Å². The fourth-order valence-corrected chi connectivity index (χ4v) is 3.52. The van der Waals surface area contributed by atoms with Crippen molar-refractivity contribution in [3.8, 4) is 0 Å². The predicted octanol–water partition coefficient (Wildman–Crippen LogP) is 3.18. The third kappa shape index (κ3) is 3.67. The highest BCUT2D eigenvalue weighted by Crippen LogP contribution is 2.18. The molecule has 30 heavy (non-hydrogen) atoms. The highest BCUT2D eigenvalue weighted by Gasteiger charge is 2.13. The van der Waals surface area contributed by atoms with Gasteiger partial charge in [0.05, 0.1) is 11.0 Å². The molecule has 0 radical (unpaired) electrons. The van der Waals surface area contributed by atoms with Crippen molar-refractivity contribution in [3.05, 3.63) is 94.1 Å². The molecule has 0 bridgehead atoms. The average molecular weight is 399 g/mol. The van der Waals surface area contributed by atoms with Gasteiger partial charge in [-0.05, 0) is 48.4 Å². The lowest BCUT2D eigenvalue weighted by atomic mass is 10.1. The number of amides is 2. The van der Waals surface area contributed by atoms with Gasteiger partial charge in [0.1, 0.15) is 6.54 Å². The topological polar surface area (TPSA) is 80.2 Å². The summed E-state index contributed by atoms with van der Waals surface area (Å²) in [5, 5.41) is 1.09. The number of benzene rings is 3. The van der Waals surface area contributed by atoms with E-state index in [9.17, 15) is 14.4 Å². The first-order valence-electron chi connectivity index (χ1n) is 9.77. The number of fused-ring (bicyclic) bond motifs is 2. The van der Waals surface area contributed by atoms with Crippen molar-refractivity contribution >= 4 is 33.6 Å². The minimum absolute atomic E-state index is 0.0453. The van der Waals surface area contributed by atoms with Crippen LogP contribution in [0.2, 0.25) is 0 Å². The van der Waals surface area contributed by atoms with Gasteiger partial charge < -0.3 is 4.57 Å². The third-order valence-corrected chi connectivity index (χ3v) is 5.12. The Kier molecular flexibility index (Phi) is 5.30. The molecule has 0 saturated carbocycles. The fourth-order valence-electron chi connectivity index (χ4n) is 3.52. The minimum Gasteiger partial charge on any atom is -0.331 e. The van der Waals surface area contributed by atoms with Crippen LogP contribution in [0, 0.1) is 0 Å². The molecule has 2 N–H and O–H groups in total. The highest BCUT2D eigenvalue weighted by molar-refractivity contribution is 5.97. The lowest BCUT2D eigenvalue weighted by Gasteiger charge is -2.15. The van der Waals surface area contributed by atoms with Gasteiger partial charge in [-0.3, -0.25) is 25.2 Å². The molecule has 0 aliphatic carbocycles. The van der Waals surface area contributed by atoms with Crippen molar-refractivity contribution in [1.82, 2.24) is 15.4 Å². The number of pyridine rings is 1. The standard InChI is InChI=1S/C24H21N3O3/c1-2-16-11-13-17(14-12-16)24(30)26-25-22(28)15-27-20-9-5-3-7-18(20)23(29)19-8-4-6-10-21(19)27/h3-14H,2,15H2,1H3,(H,25,28)(H,26,30). The second-order valence-electron chi connectivity index (χ2n) is 7.00. The monoisotopic (exact) mass is 399 g/mol. The number of carbonyl (C=O) groups excluding carboxylic acids is 2. The number of carbonyl (C=O) groups is 2. The third-order valence-electron chi connectivity index (χ3n) is 5.12. The summed E-state index contributed by atoms with van der Waals surface area (Å²) in [5.41, 5.74) is 7.77. The van der Waals surface area contributed by atoms with E-state index < -0.39 is 5.91 Å².